The van der Waals surface area contributed by atoms with Gasteiger partial charge in [-0.2, -0.15) is 0 Å². The molecule has 8 nitrogen and oxygen atoms in total. The molecule has 3 aromatic carbocycles. The Morgan fingerprint density at radius 2 is 1.73 bits per heavy atom. The SMILES string of the molecule is CC(c1ccc(Cl)cc1)n1cnc(-c2ccccc2)c1-c1c(C(=O)Nc2cccnc2OCCCN2CCCC2)[nH]c2cc(Cl)ccc12. The molecular formula is C38H36Cl2N6O2. The number of ether oxygens (including phenoxy) is 1. The maximum Gasteiger partial charge on any atom is 0.272 e. The minimum Gasteiger partial charge on any atom is -0.476 e. The van der Waals surface area contributed by atoms with E-state index in [0.717, 1.165) is 59.5 Å². The van der Waals surface area contributed by atoms with E-state index in [1.54, 1.807) is 12.3 Å². The lowest BCUT2D eigenvalue weighted by Crippen LogP contribution is -2.22. The van der Waals surface area contributed by atoms with Crippen LogP contribution < -0.4 is 10.1 Å². The normalized spacial score (nSPS) is 14.0. The zero-order valence-corrected chi connectivity index (χ0v) is 28.1. The van der Waals surface area contributed by atoms with E-state index < -0.39 is 0 Å². The molecular weight excluding hydrogens is 643 g/mol. The molecule has 48 heavy (non-hydrogen) atoms. The molecule has 0 radical (unpaired) electrons. The number of rotatable bonds is 11. The lowest BCUT2D eigenvalue weighted by atomic mass is 9.99. The highest BCUT2D eigenvalue weighted by Gasteiger charge is 2.28. The maximum absolute atomic E-state index is 14.4. The van der Waals surface area contributed by atoms with Crippen molar-refractivity contribution in [1.82, 2.24) is 24.4 Å². The predicted octanol–water partition coefficient (Wildman–Crippen LogP) is 9.13. The summed E-state index contributed by atoms with van der Waals surface area (Å²) in [6.45, 7) is 5.90. The topological polar surface area (TPSA) is 88.1 Å². The molecule has 1 aliphatic rings. The van der Waals surface area contributed by atoms with Crippen molar-refractivity contribution in [2.24, 2.45) is 0 Å². The summed E-state index contributed by atoms with van der Waals surface area (Å²) in [6.07, 6.45) is 6.90. The molecule has 1 fully saturated rings. The first kappa shape index (κ1) is 31.9. The largest absolute Gasteiger partial charge is 0.476 e. The Kier molecular flexibility index (Phi) is 9.47. The molecule has 6 aromatic rings. The third-order valence-electron chi connectivity index (χ3n) is 8.91. The van der Waals surface area contributed by atoms with E-state index in [4.69, 9.17) is 32.9 Å². The summed E-state index contributed by atoms with van der Waals surface area (Å²) in [5.41, 5.74) is 5.86. The van der Waals surface area contributed by atoms with Crippen LogP contribution in [-0.4, -0.2) is 56.6 Å². The molecule has 10 heteroatoms. The van der Waals surface area contributed by atoms with Gasteiger partial charge in [0.25, 0.3) is 5.91 Å². The number of nitrogens with zero attached hydrogens (tertiary/aromatic N) is 4. The molecule has 0 saturated carbocycles. The zero-order valence-electron chi connectivity index (χ0n) is 26.6. The van der Waals surface area contributed by atoms with Crippen molar-refractivity contribution in [1.29, 1.82) is 0 Å². The first-order valence-corrected chi connectivity index (χ1v) is 17.0. The summed E-state index contributed by atoms with van der Waals surface area (Å²) in [5, 5.41) is 5.16. The Bertz CT molecular complexity index is 2030. The van der Waals surface area contributed by atoms with Crippen LogP contribution in [0.2, 0.25) is 10.0 Å². The molecule has 1 amide bonds. The maximum atomic E-state index is 14.4. The van der Waals surface area contributed by atoms with Gasteiger partial charge < -0.3 is 24.5 Å². The van der Waals surface area contributed by atoms with Crippen molar-refractivity contribution in [2.45, 2.75) is 32.2 Å². The van der Waals surface area contributed by atoms with Crippen molar-refractivity contribution in [3.05, 3.63) is 119 Å². The Balaban J connectivity index is 1.29. The minimum atomic E-state index is -0.335. The standard InChI is InChI=1S/C38H36Cl2N6O2/c1-25(26-12-14-28(39)15-13-26)46-24-42-34(27-9-3-2-4-10-27)36(46)33-30-17-16-29(40)23-32(30)43-35(33)37(47)44-31-11-7-18-41-38(31)48-22-8-21-45-19-5-6-20-45/h2-4,7,9-18,23-25,43H,5-6,8,19-22H2,1H3,(H,44,47). The fourth-order valence-electron chi connectivity index (χ4n) is 6.45. The Hall–Kier alpha value is -4.63. The van der Waals surface area contributed by atoms with E-state index in [1.165, 1.54) is 12.8 Å². The number of amides is 1. The molecule has 0 spiro atoms. The van der Waals surface area contributed by atoms with E-state index in [0.29, 0.717) is 39.5 Å². The van der Waals surface area contributed by atoms with E-state index in [2.05, 4.69) is 31.7 Å². The zero-order chi connectivity index (χ0) is 33.0. The van der Waals surface area contributed by atoms with Crippen LogP contribution in [0.5, 0.6) is 5.88 Å². The van der Waals surface area contributed by atoms with Crippen LogP contribution >= 0.6 is 23.2 Å². The lowest BCUT2D eigenvalue weighted by molar-refractivity contribution is 0.102. The highest BCUT2D eigenvalue weighted by atomic mass is 35.5. The minimum absolute atomic E-state index is 0.130. The first-order chi connectivity index (χ1) is 23.5. The third kappa shape index (κ3) is 6.69. The molecule has 1 atom stereocenters. The number of hydrogen-bond acceptors (Lipinski definition) is 5. The molecule has 1 saturated heterocycles. The van der Waals surface area contributed by atoms with Crippen LogP contribution in [0, 0.1) is 0 Å². The highest BCUT2D eigenvalue weighted by Crippen LogP contribution is 2.41. The summed E-state index contributed by atoms with van der Waals surface area (Å²) in [7, 11) is 0. The van der Waals surface area contributed by atoms with Gasteiger partial charge in [-0.15, -0.1) is 0 Å². The number of halogens is 2. The lowest BCUT2D eigenvalue weighted by Gasteiger charge is -2.19. The van der Waals surface area contributed by atoms with Gasteiger partial charge >= 0.3 is 0 Å². The molecule has 2 N–H and O–H groups in total. The Morgan fingerprint density at radius 1 is 0.958 bits per heavy atom. The van der Waals surface area contributed by atoms with Gasteiger partial charge in [0.05, 0.1) is 30.4 Å². The fraction of sp³-hybridized carbons (Fsp3) is 0.237. The molecule has 1 unspecified atom stereocenters. The van der Waals surface area contributed by atoms with Crippen LogP contribution in [0.4, 0.5) is 5.69 Å². The Labute approximate surface area is 289 Å². The van der Waals surface area contributed by atoms with E-state index in [1.807, 2.05) is 85.2 Å². The van der Waals surface area contributed by atoms with E-state index in [9.17, 15) is 4.79 Å². The van der Waals surface area contributed by atoms with Gasteiger partial charge in [0, 0.05) is 44.8 Å². The summed E-state index contributed by atoms with van der Waals surface area (Å²) in [5.74, 6) is 0.0532. The van der Waals surface area contributed by atoms with Crippen molar-refractivity contribution in [3.63, 3.8) is 0 Å². The number of nitrogens with one attached hydrogen (secondary N) is 2. The predicted molar refractivity (Wildman–Crippen MR) is 193 cm³/mol. The quantitative estimate of drug-likeness (QED) is 0.133. The summed E-state index contributed by atoms with van der Waals surface area (Å²) in [4.78, 5) is 29.6. The number of fused-ring (bicyclic) bond motifs is 1. The number of carbonyl (C=O) groups excluding carboxylic acids is 1. The van der Waals surface area contributed by atoms with E-state index >= 15 is 0 Å². The number of H-pyrrole nitrogens is 1. The van der Waals surface area contributed by atoms with Gasteiger partial charge in [0.2, 0.25) is 5.88 Å². The van der Waals surface area contributed by atoms with Crippen molar-refractivity contribution < 1.29 is 9.53 Å². The second-order valence-corrected chi connectivity index (χ2v) is 12.9. The monoisotopic (exact) mass is 678 g/mol. The molecule has 0 bridgehead atoms. The van der Waals surface area contributed by atoms with Crippen LogP contribution in [0.1, 0.15) is 48.3 Å². The number of hydrogen-bond donors (Lipinski definition) is 2. The number of pyridine rings is 1. The van der Waals surface area contributed by atoms with Gasteiger partial charge in [-0.3, -0.25) is 4.79 Å². The highest BCUT2D eigenvalue weighted by molar-refractivity contribution is 6.31. The van der Waals surface area contributed by atoms with Crippen molar-refractivity contribution in [2.75, 3.05) is 31.6 Å². The molecule has 3 aromatic heterocycles. The van der Waals surface area contributed by atoms with Crippen LogP contribution in [0.25, 0.3) is 33.4 Å². The number of aromatic amines is 1. The average Bonchev–Trinajstić information content (AvgIpc) is 3.86. The fourth-order valence-corrected chi connectivity index (χ4v) is 6.74. The number of benzene rings is 3. The van der Waals surface area contributed by atoms with Gasteiger partial charge in [-0.05, 0) is 81.2 Å². The molecule has 244 valence electrons. The summed E-state index contributed by atoms with van der Waals surface area (Å²) in [6, 6.07) is 26.9. The average molecular weight is 680 g/mol. The van der Waals surface area contributed by atoms with Gasteiger partial charge in [-0.1, -0.05) is 71.7 Å². The molecule has 4 heterocycles. The van der Waals surface area contributed by atoms with Crippen LogP contribution in [-0.2, 0) is 0 Å². The number of likely N-dealkylation sites (tertiary alicyclic amines) is 1. The smallest absolute Gasteiger partial charge is 0.272 e. The van der Waals surface area contributed by atoms with Gasteiger partial charge in [0.15, 0.2) is 0 Å². The van der Waals surface area contributed by atoms with E-state index in [-0.39, 0.29) is 11.9 Å². The van der Waals surface area contributed by atoms with Crippen LogP contribution in [0.15, 0.2) is 97.5 Å². The number of carbonyl (C=O) groups is 1. The summed E-state index contributed by atoms with van der Waals surface area (Å²) < 4.78 is 8.20. The third-order valence-corrected chi connectivity index (χ3v) is 9.40. The first-order valence-electron chi connectivity index (χ1n) is 16.3. The number of anilines is 1. The Morgan fingerprint density at radius 3 is 2.52 bits per heavy atom. The second-order valence-electron chi connectivity index (χ2n) is 12.1. The van der Waals surface area contributed by atoms with Crippen molar-refractivity contribution >= 4 is 45.7 Å². The number of imidazole rings is 1. The number of aromatic nitrogens is 4. The molecule has 1 aliphatic heterocycles. The second kappa shape index (κ2) is 14.2. The van der Waals surface area contributed by atoms with Gasteiger partial charge in [0.1, 0.15) is 11.4 Å². The summed E-state index contributed by atoms with van der Waals surface area (Å²) >= 11 is 12.7. The van der Waals surface area contributed by atoms with Gasteiger partial charge in [-0.25, -0.2) is 9.97 Å². The molecule has 7 rings (SSSR count). The van der Waals surface area contributed by atoms with Crippen molar-refractivity contribution in [3.8, 4) is 28.4 Å². The molecule has 0 aliphatic carbocycles. The van der Waals surface area contributed by atoms with Crippen LogP contribution in [0.3, 0.4) is 0 Å².